The second-order valence-electron chi connectivity index (χ2n) is 6.54. The Morgan fingerprint density at radius 3 is 2.32 bits per heavy atom. The highest BCUT2D eigenvalue weighted by Gasteiger charge is 2.34. The zero-order chi connectivity index (χ0) is 17.2. The number of carbonyl (C=O) groups excluding carboxylic acids is 1. The third kappa shape index (κ3) is 3.27. The van der Waals surface area contributed by atoms with Crippen LogP contribution in [0, 0.1) is 0 Å². The number of hydrogen-bond acceptors (Lipinski definition) is 4. The number of benzene rings is 2. The number of fused-ring (bicyclic) bond motifs is 1. The van der Waals surface area contributed by atoms with Crippen molar-refractivity contribution in [3.8, 4) is 11.5 Å². The molecule has 0 bridgehead atoms. The predicted molar refractivity (Wildman–Crippen MR) is 97.5 cm³/mol. The highest BCUT2D eigenvalue weighted by atomic mass is 16.6. The summed E-state index contributed by atoms with van der Waals surface area (Å²) in [6, 6.07) is 15.4. The van der Waals surface area contributed by atoms with E-state index in [9.17, 15) is 4.79 Å². The molecule has 0 aliphatic carbocycles. The third-order valence-electron chi connectivity index (χ3n) is 4.71. The van der Waals surface area contributed by atoms with Gasteiger partial charge in [-0.15, -0.1) is 0 Å². The van der Waals surface area contributed by atoms with Gasteiger partial charge >= 0.3 is 0 Å². The molecule has 1 N–H and O–H groups in total. The zero-order valence-corrected chi connectivity index (χ0v) is 14.3. The molecule has 1 fully saturated rings. The number of hydrogen-bond donors (Lipinski definition) is 1. The summed E-state index contributed by atoms with van der Waals surface area (Å²) in [6.07, 6.45) is 1.47. The predicted octanol–water partition coefficient (Wildman–Crippen LogP) is 3.45. The normalized spacial score (nSPS) is 21.9. The maximum Gasteiger partial charge on any atom is 0.269 e. The molecule has 130 valence electrons. The minimum Gasteiger partial charge on any atom is -0.482 e. The van der Waals surface area contributed by atoms with Crippen LogP contribution < -0.4 is 19.7 Å². The Morgan fingerprint density at radius 2 is 1.64 bits per heavy atom. The zero-order valence-electron chi connectivity index (χ0n) is 14.3. The van der Waals surface area contributed by atoms with Crippen molar-refractivity contribution in [2.24, 2.45) is 0 Å². The molecule has 2 aliphatic rings. The topological polar surface area (TPSA) is 50.8 Å². The van der Waals surface area contributed by atoms with Gasteiger partial charge in [-0.2, -0.15) is 0 Å². The average molecular weight is 338 g/mol. The Hall–Kier alpha value is -2.69. The molecule has 2 aromatic rings. The Balaban J connectivity index is 1.43. The maximum atomic E-state index is 12.6. The largest absolute Gasteiger partial charge is 0.482 e. The summed E-state index contributed by atoms with van der Waals surface area (Å²) in [6.45, 7) is 4.06. The molecular weight excluding hydrogens is 316 g/mol. The first-order valence-corrected chi connectivity index (χ1v) is 8.79. The van der Waals surface area contributed by atoms with Gasteiger partial charge in [0.15, 0.2) is 11.5 Å². The van der Waals surface area contributed by atoms with E-state index in [2.05, 4.69) is 22.3 Å². The van der Waals surface area contributed by atoms with Gasteiger partial charge in [0.25, 0.3) is 5.91 Å². The number of ether oxygens (including phenoxy) is 2. The highest BCUT2D eigenvalue weighted by molar-refractivity contribution is 5.95. The van der Waals surface area contributed by atoms with Crippen molar-refractivity contribution in [3.63, 3.8) is 0 Å². The van der Waals surface area contributed by atoms with Gasteiger partial charge in [0.05, 0.1) is 0 Å². The summed E-state index contributed by atoms with van der Waals surface area (Å²) in [5.41, 5.74) is 1.97. The molecule has 5 heteroatoms. The lowest BCUT2D eigenvalue weighted by Crippen LogP contribution is -2.46. The first-order valence-electron chi connectivity index (χ1n) is 8.79. The van der Waals surface area contributed by atoms with E-state index in [0.29, 0.717) is 11.5 Å². The Morgan fingerprint density at radius 1 is 1.00 bits per heavy atom. The fourth-order valence-electron chi connectivity index (χ4n) is 3.35. The van der Waals surface area contributed by atoms with Crippen LogP contribution >= 0.6 is 0 Å². The van der Waals surface area contributed by atoms with E-state index in [1.54, 1.807) is 0 Å². The van der Waals surface area contributed by atoms with E-state index in [0.717, 1.165) is 18.8 Å². The molecule has 0 saturated carbocycles. The summed E-state index contributed by atoms with van der Waals surface area (Å²) in [4.78, 5) is 15.0. The molecule has 2 aromatic carbocycles. The van der Waals surface area contributed by atoms with Crippen LogP contribution in [0.2, 0.25) is 0 Å². The van der Waals surface area contributed by atoms with Crippen LogP contribution in [-0.4, -0.2) is 31.2 Å². The Bertz CT molecular complexity index is 754. The highest BCUT2D eigenvalue weighted by Crippen LogP contribution is 2.33. The van der Waals surface area contributed by atoms with Crippen molar-refractivity contribution in [2.75, 3.05) is 23.3 Å². The molecule has 5 nitrogen and oxygen atoms in total. The van der Waals surface area contributed by atoms with E-state index in [1.807, 2.05) is 43.3 Å². The second-order valence-corrected chi connectivity index (χ2v) is 6.54. The van der Waals surface area contributed by atoms with Gasteiger partial charge in [-0.3, -0.25) is 4.79 Å². The van der Waals surface area contributed by atoms with Crippen LogP contribution in [0.15, 0.2) is 48.5 Å². The van der Waals surface area contributed by atoms with Gasteiger partial charge in [-0.05, 0) is 56.2 Å². The van der Waals surface area contributed by atoms with E-state index in [4.69, 9.17) is 9.47 Å². The standard InChI is InChI=1S/C20H22N2O3/c1-14-19(25-18-7-3-2-6-17(18)24-14)20(23)21-15-8-10-16(11-9-15)22-12-4-5-13-22/h2-3,6-11,14,19H,4-5,12-13H2,1H3,(H,21,23)/t14-,19-/m0/s1. The fraction of sp³-hybridized carbons (Fsp3) is 0.350. The molecule has 1 saturated heterocycles. The van der Waals surface area contributed by atoms with Crippen molar-refractivity contribution >= 4 is 17.3 Å². The number of nitrogens with one attached hydrogen (secondary N) is 1. The molecule has 0 radical (unpaired) electrons. The van der Waals surface area contributed by atoms with Crippen LogP contribution in [0.5, 0.6) is 11.5 Å². The summed E-state index contributed by atoms with van der Waals surface area (Å²) < 4.78 is 11.6. The summed E-state index contributed by atoms with van der Waals surface area (Å²) in [7, 11) is 0. The van der Waals surface area contributed by atoms with Crippen molar-refractivity contribution in [3.05, 3.63) is 48.5 Å². The molecule has 0 spiro atoms. The molecule has 2 atom stereocenters. The molecule has 25 heavy (non-hydrogen) atoms. The number of nitrogens with zero attached hydrogens (tertiary/aromatic N) is 1. The van der Waals surface area contributed by atoms with Gasteiger partial charge in [0.2, 0.25) is 6.10 Å². The Labute approximate surface area is 147 Å². The van der Waals surface area contributed by atoms with Crippen molar-refractivity contribution in [1.29, 1.82) is 0 Å². The summed E-state index contributed by atoms with van der Waals surface area (Å²) >= 11 is 0. The monoisotopic (exact) mass is 338 g/mol. The third-order valence-corrected chi connectivity index (χ3v) is 4.71. The van der Waals surface area contributed by atoms with E-state index >= 15 is 0 Å². The molecule has 2 heterocycles. The Kier molecular flexibility index (Phi) is 4.22. The van der Waals surface area contributed by atoms with Crippen molar-refractivity contribution < 1.29 is 14.3 Å². The van der Waals surface area contributed by atoms with Crippen LogP contribution in [-0.2, 0) is 4.79 Å². The molecular formula is C20H22N2O3. The minimum atomic E-state index is -0.673. The van der Waals surface area contributed by atoms with E-state index in [-0.39, 0.29) is 12.0 Å². The number of rotatable bonds is 3. The fourth-order valence-corrected chi connectivity index (χ4v) is 3.35. The van der Waals surface area contributed by atoms with Crippen LogP contribution in [0.1, 0.15) is 19.8 Å². The van der Waals surface area contributed by atoms with Gasteiger partial charge in [0, 0.05) is 24.5 Å². The molecule has 1 amide bonds. The number of para-hydroxylation sites is 2. The molecule has 2 aliphatic heterocycles. The van der Waals surface area contributed by atoms with E-state index < -0.39 is 6.10 Å². The second kappa shape index (κ2) is 6.67. The van der Waals surface area contributed by atoms with Gasteiger partial charge in [-0.1, -0.05) is 12.1 Å². The lowest BCUT2D eigenvalue weighted by molar-refractivity contribution is -0.128. The maximum absolute atomic E-state index is 12.6. The smallest absolute Gasteiger partial charge is 0.269 e. The SMILES string of the molecule is C[C@@H]1Oc2ccccc2O[C@@H]1C(=O)Nc1ccc(N2CCCC2)cc1. The van der Waals surface area contributed by atoms with E-state index in [1.165, 1.54) is 18.5 Å². The molecule has 4 rings (SSSR count). The molecule has 0 aromatic heterocycles. The van der Waals surface area contributed by atoms with Gasteiger partial charge in [-0.25, -0.2) is 0 Å². The number of anilines is 2. The van der Waals surface area contributed by atoms with Crippen molar-refractivity contribution in [1.82, 2.24) is 0 Å². The minimum absolute atomic E-state index is 0.198. The lowest BCUT2D eigenvalue weighted by Gasteiger charge is -2.31. The summed E-state index contributed by atoms with van der Waals surface area (Å²) in [5.74, 6) is 1.08. The number of amides is 1. The first kappa shape index (κ1) is 15.8. The quantitative estimate of drug-likeness (QED) is 0.931. The van der Waals surface area contributed by atoms with Gasteiger partial charge < -0.3 is 19.7 Å². The lowest BCUT2D eigenvalue weighted by atomic mass is 10.1. The van der Waals surface area contributed by atoms with Crippen molar-refractivity contribution in [2.45, 2.75) is 32.0 Å². The van der Waals surface area contributed by atoms with Crippen LogP contribution in [0.25, 0.3) is 0 Å². The number of carbonyl (C=O) groups is 1. The van der Waals surface area contributed by atoms with Crippen LogP contribution in [0.4, 0.5) is 11.4 Å². The van der Waals surface area contributed by atoms with Gasteiger partial charge in [0.1, 0.15) is 6.10 Å². The molecule has 0 unspecified atom stereocenters. The summed E-state index contributed by atoms with van der Waals surface area (Å²) in [5, 5.41) is 2.93. The van der Waals surface area contributed by atoms with Crippen LogP contribution in [0.3, 0.4) is 0 Å². The first-order chi connectivity index (χ1) is 12.2. The average Bonchev–Trinajstić information content (AvgIpc) is 3.16.